The Kier molecular flexibility index (Phi) is 7.75. The van der Waals surface area contributed by atoms with E-state index >= 15 is 0 Å². The summed E-state index contributed by atoms with van der Waals surface area (Å²) in [7, 11) is 0. The number of nitrogens with zero attached hydrogens (tertiary/aromatic N) is 1. The highest BCUT2D eigenvalue weighted by molar-refractivity contribution is 5.97. The first kappa shape index (κ1) is 21.2. The van der Waals surface area contributed by atoms with Crippen LogP contribution in [0.15, 0.2) is 54.6 Å². The summed E-state index contributed by atoms with van der Waals surface area (Å²) in [4.78, 5) is 37.5. The molecule has 2 amide bonds. The number of carboxylic acid groups (broad SMARTS) is 1. The van der Waals surface area contributed by atoms with Crippen LogP contribution in [0.4, 0.5) is 0 Å². The van der Waals surface area contributed by atoms with Crippen molar-refractivity contribution >= 4 is 17.8 Å². The SMILES string of the molecule is CC(C)NC(=O)c1ccc(C(=O)N(CCCC(=O)O)Cc2ccccc2)cc1. The van der Waals surface area contributed by atoms with Crippen LogP contribution in [-0.4, -0.2) is 40.4 Å². The summed E-state index contributed by atoms with van der Waals surface area (Å²) in [6, 6.07) is 16.1. The molecule has 2 aromatic rings. The molecule has 0 heterocycles. The number of nitrogens with one attached hydrogen (secondary N) is 1. The van der Waals surface area contributed by atoms with Crippen molar-refractivity contribution < 1.29 is 19.5 Å². The highest BCUT2D eigenvalue weighted by Crippen LogP contribution is 2.13. The van der Waals surface area contributed by atoms with Gasteiger partial charge in [0.25, 0.3) is 11.8 Å². The second kappa shape index (κ2) is 10.3. The fourth-order valence-electron chi connectivity index (χ4n) is 2.77. The van der Waals surface area contributed by atoms with E-state index in [9.17, 15) is 14.4 Å². The third-order valence-corrected chi connectivity index (χ3v) is 4.14. The fraction of sp³-hybridized carbons (Fsp3) is 0.318. The van der Waals surface area contributed by atoms with Crippen LogP contribution in [0.5, 0.6) is 0 Å². The average molecular weight is 382 g/mol. The van der Waals surface area contributed by atoms with Gasteiger partial charge in [-0.25, -0.2) is 0 Å². The Morgan fingerprint density at radius 3 is 2.14 bits per heavy atom. The third-order valence-electron chi connectivity index (χ3n) is 4.14. The minimum Gasteiger partial charge on any atom is -0.481 e. The summed E-state index contributed by atoms with van der Waals surface area (Å²) in [6.07, 6.45) is 0.385. The van der Waals surface area contributed by atoms with Crippen LogP contribution in [0.2, 0.25) is 0 Å². The number of rotatable bonds is 9. The molecule has 0 saturated carbocycles. The number of benzene rings is 2. The zero-order valence-electron chi connectivity index (χ0n) is 16.2. The molecule has 0 aromatic heterocycles. The summed E-state index contributed by atoms with van der Waals surface area (Å²) in [5.41, 5.74) is 1.93. The monoisotopic (exact) mass is 382 g/mol. The van der Waals surface area contributed by atoms with Gasteiger partial charge in [0.2, 0.25) is 0 Å². The number of amides is 2. The van der Waals surface area contributed by atoms with Crippen LogP contribution < -0.4 is 5.32 Å². The normalized spacial score (nSPS) is 10.5. The molecule has 0 atom stereocenters. The summed E-state index contributed by atoms with van der Waals surface area (Å²) in [5, 5.41) is 11.7. The number of carboxylic acids is 1. The van der Waals surface area contributed by atoms with Crippen LogP contribution in [0, 0.1) is 0 Å². The van der Waals surface area contributed by atoms with Gasteiger partial charge in [-0.05, 0) is 50.1 Å². The van der Waals surface area contributed by atoms with Gasteiger partial charge in [-0.3, -0.25) is 14.4 Å². The van der Waals surface area contributed by atoms with E-state index in [2.05, 4.69) is 5.32 Å². The maximum absolute atomic E-state index is 13.0. The zero-order valence-corrected chi connectivity index (χ0v) is 16.2. The van der Waals surface area contributed by atoms with Crippen LogP contribution in [0.3, 0.4) is 0 Å². The number of carbonyl (C=O) groups excluding carboxylic acids is 2. The van der Waals surface area contributed by atoms with E-state index in [1.165, 1.54) is 0 Å². The lowest BCUT2D eigenvalue weighted by molar-refractivity contribution is -0.137. The first-order valence-electron chi connectivity index (χ1n) is 9.32. The molecule has 6 heteroatoms. The first-order valence-corrected chi connectivity index (χ1v) is 9.32. The number of hydrogen-bond donors (Lipinski definition) is 2. The van der Waals surface area contributed by atoms with Crippen molar-refractivity contribution in [3.63, 3.8) is 0 Å². The van der Waals surface area contributed by atoms with E-state index in [4.69, 9.17) is 5.11 Å². The van der Waals surface area contributed by atoms with Crippen molar-refractivity contribution in [2.75, 3.05) is 6.54 Å². The van der Waals surface area contributed by atoms with Gasteiger partial charge < -0.3 is 15.3 Å². The van der Waals surface area contributed by atoms with Crippen molar-refractivity contribution in [1.29, 1.82) is 0 Å². The van der Waals surface area contributed by atoms with Crippen LogP contribution in [-0.2, 0) is 11.3 Å². The molecule has 0 unspecified atom stereocenters. The molecule has 2 aromatic carbocycles. The zero-order chi connectivity index (χ0) is 20.5. The first-order chi connectivity index (χ1) is 13.4. The van der Waals surface area contributed by atoms with Crippen molar-refractivity contribution in [3.8, 4) is 0 Å². The fourth-order valence-corrected chi connectivity index (χ4v) is 2.77. The molecule has 0 saturated heterocycles. The van der Waals surface area contributed by atoms with Gasteiger partial charge >= 0.3 is 5.97 Å². The molecule has 0 spiro atoms. The van der Waals surface area contributed by atoms with Crippen LogP contribution in [0.1, 0.15) is 53.0 Å². The van der Waals surface area contributed by atoms with Gasteiger partial charge in [0, 0.05) is 36.7 Å². The maximum Gasteiger partial charge on any atom is 0.303 e. The Labute approximate surface area is 165 Å². The Hall–Kier alpha value is -3.15. The molecular weight excluding hydrogens is 356 g/mol. The molecule has 0 radical (unpaired) electrons. The molecule has 28 heavy (non-hydrogen) atoms. The standard InChI is InChI=1S/C22H26N2O4/c1-16(2)23-21(27)18-10-12-19(13-11-18)22(28)24(14-6-9-20(25)26)15-17-7-4-3-5-8-17/h3-5,7-8,10-13,16H,6,9,14-15H2,1-2H3,(H,23,27)(H,25,26). The Morgan fingerprint density at radius 1 is 0.964 bits per heavy atom. The summed E-state index contributed by atoms with van der Waals surface area (Å²) in [5.74, 6) is -1.26. The van der Waals surface area contributed by atoms with Crippen molar-refractivity contribution in [1.82, 2.24) is 10.2 Å². The topological polar surface area (TPSA) is 86.7 Å². The molecule has 0 aliphatic carbocycles. The van der Waals surface area contributed by atoms with Crippen LogP contribution >= 0.6 is 0 Å². The molecule has 2 N–H and O–H groups in total. The smallest absolute Gasteiger partial charge is 0.303 e. The van der Waals surface area contributed by atoms with Gasteiger partial charge in [-0.1, -0.05) is 30.3 Å². The van der Waals surface area contributed by atoms with Gasteiger partial charge in [-0.2, -0.15) is 0 Å². The highest BCUT2D eigenvalue weighted by Gasteiger charge is 2.17. The van der Waals surface area contributed by atoms with E-state index in [1.54, 1.807) is 29.2 Å². The molecule has 0 aliphatic rings. The quantitative estimate of drug-likeness (QED) is 0.696. The Bertz CT molecular complexity index is 801. The van der Waals surface area contributed by atoms with Crippen molar-refractivity contribution in [3.05, 3.63) is 71.3 Å². The van der Waals surface area contributed by atoms with Crippen molar-refractivity contribution in [2.24, 2.45) is 0 Å². The summed E-state index contributed by atoms with van der Waals surface area (Å²) in [6.45, 7) is 4.51. The van der Waals surface area contributed by atoms with Gasteiger partial charge in [0.1, 0.15) is 0 Å². The number of hydrogen-bond acceptors (Lipinski definition) is 3. The number of aliphatic carboxylic acids is 1. The van der Waals surface area contributed by atoms with E-state index in [0.717, 1.165) is 5.56 Å². The lowest BCUT2D eigenvalue weighted by Gasteiger charge is -2.23. The lowest BCUT2D eigenvalue weighted by Crippen LogP contribution is -2.32. The second-order valence-electron chi connectivity index (χ2n) is 6.92. The Morgan fingerprint density at radius 2 is 1.57 bits per heavy atom. The van der Waals surface area contributed by atoms with E-state index in [1.807, 2.05) is 44.2 Å². The largest absolute Gasteiger partial charge is 0.481 e. The lowest BCUT2D eigenvalue weighted by atomic mass is 10.1. The van der Waals surface area contributed by atoms with Crippen LogP contribution in [0.25, 0.3) is 0 Å². The van der Waals surface area contributed by atoms with Gasteiger partial charge in [0.05, 0.1) is 0 Å². The highest BCUT2D eigenvalue weighted by atomic mass is 16.4. The van der Waals surface area contributed by atoms with E-state index in [0.29, 0.717) is 30.6 Å². The van der Waals surface area contributed by atoms with E-state index < -0.39 is 5.97 Å². The summed E-state index contributed by atoms with van der Waals surface area (Å²) < 4.78 is 0. The number of carbonyl (C=O) groups is 3. The summed E-state index contributed by atoms with van der Waals surface area (Å²) >= 11 is 0. The third kappa shape index (κ3) is 6.54. The van der Waals surface area contributed by atoms with Gasteiger partial charge in [0.15, 0.2) is 0 Å². The predicted molar refractivity (Wildman–Crippen MR) is 107 cm³/mol. The van der Waals surface area contributed by atoms with E-state index in [-0.39, 0.29) is 24.3 Å². The predicted octanol–water partition coefficient (Wildman–Crippen LogP) is 3.33. The minimum absolute atomic E-state index is 0.00683. The minimum atomic E-state index is -0.882. The Balaban J connectivity index is 2.13. The average Bonchev–Trinajstić information content (AvgIpc) is 2.67. The molecular formula is C22H26N2O4. The second-order valence-corrected chi connectivity index (χ2v) is 6.92. The molecule has 0 fully saturated rings. The molecule has 6 nitrogen and oxygen atoms in total. The van der Waals surface area contributed by atoms with Crippen molar-refractivity contribution in [2.45, 2.75) is 39.3 Å². The maximum atomic E-state index is 13.0. The molecule has 0 aliphatic heterocycles. The van der Waals surface area contributed by atoms with Gasteiger partial charge in [-0.15, -0.1) is 0 Å². The molecule has 0 bridgehead atoms. The molecule has 148 valence electrons. The molecule has 2 rings (SSSR count).